The van der Waals surface area contributed by atoms with Crippen molar-refractivity contribution in [1.82, 2.24) is 0 Å². The normalized spacial score (nSPS) is 14.9. The summed E-state index contributed by atoms with van der Waals surface area (Å²) in [5.74, 6) is -0.721. The van der Waals surface area contributed by atoms with Crippen molar-refractivity contribution >= 4 is 10.1 Å². The Morgan fingerprint density at radius 3 is 1.76 bits per heavy atom. The van der Waals surface area contributed by atoms with E-state index in [0.717, 1.165) is 0 Å². The fourth-order valence-electron chi connectivity index (χ4n) is 2.13. The van der Waals surface area contributed by atoms with Gasteiger partial charge in [-0.05, 0) is 31.7 Å². The lowest BCUT2D eigenvalue weighted by molar-refractivity contribution is 0.162. The Balaban J connectivity index is 5.42. The molecule has 0 bridgehead atoms. The Kier molecular flexibility index (Phi) is 7.14. The first-order valence-electron chi connectivity index (χ1n) is 5.39. The van der Waals surface area contributed by atoms with E-state index in [-0.39, 0.29) is 32.4 Å². The summed E-state index contributed by atoms with van der Waals surface area (Å²) in [6.07, 6.45) is -0.376. The third-order valence-electron chi connectivity index (χ3n) is 3.09. The van der Waals surface area contributed by atoms with Crippen LogP contribution in [0.2, 0.25) is 0 Å². The van der Waals surface area contributed by atoms with Crippen LogP contribution in [-0.2, 0) is 10.1 Å². The maximum absolute atomic E-state index is 11.5. The maximum atomic E-state index is 11.5. The number of nitrogens with two attached hydrogens (primary N) is 1. The van der Waals surface area contributed by atoms with Gasteiger partial charge in [-0.3, -0.25) is 4.55 Å². The highest BCUT2D eigenvalue weighted by molar-refractivity contribution is 7.87. The van der Waals surface area contributed by atoms with E-state index >= 15 is 0 Å². The smallest absolute Gasteiger partial charge is 0.271 e. The summed E-state index contributed by atoms with van der Waals surface area (Å²) in [5.41, 5.74) is 5.45. The minimum absolute atomic E-state index is 0.0691. The zero-order chi connectivity index (χ0) is 13.5. The van der Waals surface area contributed by atoms with Gasteiger partial charge in [0.2, 0.25) is 0 Å². The van der Waals surface area contributed by atoms with E-state index in [1.807, 2.05) is 0 Å². The molecule has 0 heterocycles. The second-order valence-electron chi connectivity index (χ2n) is 3.93. The second kappa shape index (κ2) is 7.24. The molecule has 0 radical (unpaired) electrons. The summed E-state index contributed by atoms with van der Waals surface area (Å²) >= 11 is 0. The van der Waals surface area contributed by atoms with E-state index in [1.54, 1.807) is 0 Å². The number of aliphatic hydroxyl groups excluding tert-OH is 3. The van der Waals surface area contributed by atoms with Crippen molar-refractivity contribution in [2.24, 2.45) is 11.7 Å². The number of hydrogen-bond acceptors (Lipinski definition) is 6. The standard InChI is InChI=1S/C9H21NO6S/c10-7-8(1-4-11)9(2-5-12,3-6-13)17(14,15)16/h8,11-13H,1-7,10H2,(H,14,15,16). The molecule has 0 rings (SSSR count). The van der Waals surface area contributed by atoms with Gasteiger partial charge in [0, 0.05) is 19.8 Å². The Bertz CT molecular complexity index is 299. The van der Waals surface area contributed by atoms with Crippen LogP contribution >= 0.6 is 0 Å². The van der Waals surface area contributed by atoms with Crippen molar-refractivity contribution in [2.75, 3.05) is 26.4 Å². The largest absolute Gasteiger partial charge is 0.396 e. The monoisotopic (exact) mass is 271 g/mol. The maximum Gasteiger partial charge on any atom is 0.271 e. The highest BCUT2D eigenvalue weighted by atomic mass is 32.2. The molecule has 0 saturated heterocycles. The van der Waals surface area contributed by atoms with Crippen LogP contribution in [0.5, 0.6) is 0 Å². The van der Waals surface area contributed by atoms with Crippen LogP contribution in [0, 0.1) is 5.92 Å². The van der Waals surface area contributed by atoms with Crippen LogP contribution in [0.1, 0.15) is 19.3 Å². The summed E-state index contributed by atoms with van der Waals surface area (Å²) in [4.78, 5) is 0. The van der Waals surface area contributed by atoms with E-state index in [1.165, 1.54) is 0 Å². The average molecular weight is 271 g/mol. The molecule has 0 spiro atoms. The third kappa shape index (κ3) is 3.87. The average Bonchev–Trinajstić information content (AvgIpc) is 2.24. The zero-order valence-electron chi connectivity index (χ0n) is 9.62. The molecule has 8 heteroatoms. The van der Waals surface area contributed by atoms with Crippen LogP contribution in [-0.4, -0.2) is 59.4 Å². The molecule has 0 aliphatic rings. The Morgan fingerprint density at radius 1 is 1.06 bits per heavy atom. The summed E-state index contributed by atoms with van der Waals surface area (Å²) in [5, 5.41) is 26.8. The van der Waals surface area contributed by atoms with E-state index in [2.05, 4.69) is 0 Å². The molecule has 7 nitrogen and oxygen atoms in total. The quantitative estimate of drug-likeness (QED) is 0.316. The fraction of sp³-hybridized carbons (Fsp3) is 1.00. The molecular formula is C9H21NO6S. The van der Waals surface area contributed by atoms with Crippen LogP contribution in [0.25, 0.3) is 0 Å². The minimum atomic E-state index is -4.50. The van der Waals surface area contributed by atoms with E-state index < -0.39 is 34.0 Å². The minimum Gasteiger partial charge on any atom is -0.396 e. The van der Waals surface area contributed by atoms with E-state index in [4.69, 9.17) is 21.1 Å². The number of aliphatic hydroxyl groups is 3. The third-order valence-corrected chi connectivity index (χ3v) is 4.86. The molecule has 0 amide bonds. The van der Waals surface area contributed by atoms with Gasteiger partial charge in [0.15, 0.2) is 0 Å². The highest BCUT2D eigenvalue weighted by Gasteiger charge is 2.47. The molecule has 0 aliphatic carbocycles. The van der Waals surface area contributed by atoms with Gasteiger partial charge in [-0.2, -0.15) is 8.42 Å². The Labute approximate surface area is 101 Å². The Morgan fingerprint density at radius 2 is 1.53 bits per heavy atom. The molecule has 17 heavy (non-hydrogen) atoms. The first-order valence-corrected chi connectivity index (χ1v) is 6.83. The molecule has 6 N–H and O–H groups in total. The number of rotatable bonds is 9. The predicted molar refractivity (Wildman–Crippen MR) is 61.9 cm³/mol. The van der Waals surface area contributed by atoms with Gasteiger partial charge in [-0.1, -0.05) is 0 Å². The van der Waals surface area contributed by atoms with E-state index in [9.17, 15) is 13.0 Å². The Hall–Kier alpha value is -0.250. The summed E-state index contributed by atoms with van der Waals surface area (Å²) in [6, 6.07) is 0. The van der Waals surface area contributed by atoms with Gasteiger partial charge in [-0.25, -0.2) is 0 Å². The highest BCUT2D eigenvalue weighted by Crippen LogP contribution is 2.35. The SMILES string of the molecule is NCC(CCO)C(CCO)(CCO)S(=O)(=O)O. The molecule has 1 atom stereocenters. The van der Waals surface area contributed by atoms with Crippen molar-refractivity contribution in [3.8, 4) is 0 Å². The van der Waals surface area contributed by atoms with Crippen molar-refractivity contribution in [3.63, 3.8) is 0 Å². The van der Waals surface area contributed by atoms with Gasteiger partial charge in [0.1, 0.15) is 4.75 Å². The van der Waals surface area contributed by atoms with Gasteiger partial charge in [0.25, 0.3) is 10.1 Å². The first-order chi connectivity index (χ1) is 7.89. The summed E-state index contributed by atoms with van der Waals surface area (Å²) in [6.45, 7) is -1.26. The van der Waals surface area contributed by atoms with E-state index in [0.29, 0.717) is 0 Å². The van der Waals surface area contributed by atoms with Crippen LogP contribution in [0.3, 0.4) is 0 Å². The van der Waals surface area contributed by atoms with Crippen molar-refractivity contribution < 1.29 is 28.3 Å². The van der Waals surface area contributed by atoms with Gasteiger partial charge in [0.05, 0.1) is 0 Å². The lowest BCUT2D eigenvalue weighted by atomic mass is 9.84. The predicted octanol–water partition coefficient (Wildman–Crippen LogP) is -1.66. The molecule has 104 valence electrons. The molecule has 0 aromatic carbocycles. The summed E-state index contributed by atoms with van der Waals surface area (Å²) < 4.78 is 30.6. The van der Waals surface area contributed by atoms with Crippen LogP contribution < -0.4 is 5.73 Å². The van der Waals surface area contributed by atoms with Crippen molar-refractivity contribution in [2.45, 2.75) is 24.0 Å². The zero-order valence-corrected chi connectivity index (χ0v) is 10.4. The first kappa shape index (κ1) is 16.8. The second-order valence-corrected chi connectivity index (χ2v) is 5.70. The van der Waals surface area contributed by atoms with Crippen molar-refractivity contribution in [1.29, 1.82) is 0 Å². The molecule has 0 saturated carbocycles. The topological polar surface area (TPSA) is 141 Å². The molecule has 0 aromatic rings. The van der Waals surface area contributed by atoms with Crippen LogP contribution in [0.15, 0.2) is 0 Å². The fourth-order valence-corrected chi connectivity index (χ4v) is 3.47. The van der Waals surface area contributed by atoms with Crippen LogP contribution in [0.4, 0.5) is 0 Å². The van der Waals surface area contributed by atoms with Gasteiger partial charge in [-0.15, -0.1) is 0 Å². The lowest BCUT2D eigenvalue weighted by Crippen LogP contribution is -2.50. The van der Waals surface area contributed by atoms with Gasteiger partial charge < -0.3 is 21.1 Å². The molecule has 0 aliphatic heterocycles. The molecular weight excluding hydrogens is 250 g/mol. The molecule has 1 unspecified atom stereocenters. The van der Waals surface area contributed by atoms with Gasteiger partial charge >= 0.3 is 0 Å². The summed E-state index contributed by atoms with van der Waals surface area (Å²) in [7, 11) is -4.50. The van der Waals surface area contributed by atoms with Crippen molar-refractivity contribution in [3.05, 3.63) is 0 Å². The number of hydrogen-bond donors (Lipinski definition) is 5. The molecule has 0 fully saturated rings. The lowest BCUT2D eigenvalue weighted by Gasteiger charge is -2.36. The molecule has 0 aromatic heterocycles.